The molecule has 0 aromatic heterocycles. The number of hydrogen-bond donors (Lipinski definition) is 1. The van der Waals surface area contributed by atoms with Crippen molar-refractivity contribution >= 4 is 0 Å². The Kier molecular flexibility index (Phi) is 4.45. The Morgan fingerprint density at radius 2 is 1.73 bits per heavy atom. The van der Waals surface area contributed by atoms with Crippen LogP contribution in [0.4, 0.5) is 0 Å². The second-order valence-electron chi connectivity index (χ2n) is 5.62. The topological polar surface area (TPSA) is 19.9 Å². The summed E-state index contributed by atoms with van der Waals surface area (Å²) in [6.07, 6.45) is 7.24. The summed E-state index contributed by atoms with van der Waals surface area (Å²) in [6, 6.07) is 0. The summed E-state index contributed by atoms with van der Waals surface area (Å²) in [5.41, 5.74) is 0. The molecule has 2 saturated heterocycles. The molecule has 2 nitrogen and oxygen atoms in total. The van der Waals surface area contributed by atoms with Crippen molar-refractivity contribution in [2.24, 2.45) is 11.8 Å². The quantitative estimate of drug-likeness (QED) is 0.740. The molecule has 2 aliphatic heterocycles. The highest BCUT2D eigenvalue weighted by atomic mass is 15.1. The molecule has 0 unspecified atom stereocenters. The van der Waals surface area contributed by atoms with Gasteiger partial charge in [-0.1, -0.05) is 6.92 Å². The predicted molar refractivity (Wildman–Crippen MR) is 63.8 cm³/mol. The molecular weight excluding hydrogens is 184 g/mol. The predicted octanol–water partition coefficient (Wildman–Crippen LogP) is 1.08. The second-order valence-corrected chi connectivity index (χ2v) is 5.62. The van der Waals surface area contributed by atoms with Gasteiger partial charge in [-0.3, -0.25) is 0 Å². The zero-order chi connectivity index (χ0) is 10.5. The molecule has 2 fully saturated rings. The largest absolute Gasteiger partial charge is 0.346 e. The maximum absolute atomic E-state index is 2.69. The summed E-state index contributed by atoms with van der Waals surface area (Å²) in [5, 5.41) is 2.47. The first kappa shape index (κ1) is 11.4. The lowest BCUT2D eigenvalue weighted by molar-refractivity contribution is -0.664. The van der Waals surface area contributed by atoms with Crippen molar-refractivity contribution in [3.8, 4) is 0 Å². The van der Waals surface area contributed by atoms with Crippen molar-refractivity contribution in [1.82, 2.24) is 4.90 Å². The zero-order valence-corrected chi connectivity index (χ0v) is 10.3. The number of piperidine rings is 2. The molecule has 0 atom stereocenters. The van der Waals surface area contributed by atoms with Crippen LogP contribution in [0, 0.1) is 11.8 Å². The number of nitrogens with zero attached hydrogens (tertiary/aromatic N) is 1. The maximum Gasteiger partial charge on any atom is 0.0758 e. The van der Waals surface area contributed by atoms with E-state index in [4.69, 9.17) is 0 Å². The van der Waals surface area contributed by atoms with Crippen LogP contribution >= 0.6 is 0 Å². The highest BCUT2D eigenvalue weighted by molar-refractivity contribution is 4.71. The highest BCUT2D eigenvalue weighted by Gasteiger charge is 2.19. The maximum atomic E-state index is 2.69. The minimum Gasteiger partial charge on any atom is -0.346 e. The molecular formula is C13H27N2+. The van der Waals surface area contributed by atoms with E-state index in [0.717, 1.165) is 11.8 Å². The van der Waals surface area contributed by atoms with Gasteiger partial charge >= 0.3 is 0 Å². The fourth-order valence-electron chi connectivity index (χ4n) is 2.94. The fraction of sp³-hybridized carbons (Fsp3) is 1.00. The van der Waals surface area contributed by atoms with Gasteiger partial charge in [0.15, 0.2) is 0 Å². The van der Waals surface area contributed by atoms with E-state index in [1.807, 2.05) is 0 Å². The molecule has 0 aromatic carbocycles. The van der Waals surface area contributed by atoms with Crippen molar-refractivity contribution in [3.05, 3.63) is 0 Å². The van der Waals surface area contributed by atoms with Gasteiger partial charge in [0, 0.05) is 0 Å². The summed E-state index contributed by atoms with van der Waals surface area (Å²) >= 11 is 0. The molecule has 0 aromatic rings. The van der Waals surface area contributed by atoms with Crippen molar-refractivity contribution in [2.45, 2.75) is 39.0 Å². The van der Waals surface area contributed by atoms with Crippen molar-refractivity contribution < 1.29 is 5.32 Å². The first-order chi connectivity index (χ1) is 7.34. The van der Waals surface area contributed by atoms with Gasteiger partial charge in [0.05, 0.1) is 13.1 Å². The van der Waals surface area contributed by atoms with Crippen LogP contribution < -0.4 is 5.32 Å². The van der Waals surface area contributed by atoms with Crippen LogP contribution in [0.1, 0.15) is 39.0 Å². The lowest BCUT2D eigenvalue weighted by Gasteiger charge is -2.31. The third-order valence-electron chi connectivity index (χ3n) is 4.29. The number of nitrogens with two attached hydrogens (primary N) is 1. The van der Waals surface area contributed by atoms with E-state index in [9.17, 15) is 0 Å². The van der Waals surface area contributed by atoms with Gasteiger partial charge in [-0.15, -0.1) is 0 Å². The third kappa shape index (κ3) is 3.76. The monoisotopic (exact) mass is 211 g/mol. The molecule has 0 bridgehead atoms. The highest BCUT2D eigenvalue weighted by Crippen LogP contribution is 2.19. The number of hydrogen-bond acceptors (Lipinski definition) is 1. The van der Waals surface area contributed by atoms with Crippen molar-refractivity contribution in [3.63, 3.8) is 0 Å². The van der Waals surface area contributed by atoms with Gasteiger partial charge in [-0.05, 0) is 63.6 Å². The molecule has 2 heteroatoms. The Bertz CT molecular complexity index is 167. The van der Waals surface area contributed by atoms with E-state index in [0.29, 0.717) is 0 Å². The minimum atomic E-state index is 0.977. The van der Waals surface area contributed by atoms with Crippen LogP contribution in [0.15, 0.2) is 0 Å². The van der Waals surface area contributed by atoms with Crippen LogP contribution in [0.5, 0.6) is 0 Å². The minimum absolute atomic E-state index is 0.977. The first-order valence-electron chi connectivity index (χ1n) is 6.88. The van der Waals surface area contributed by atoms with Crippen LogP contribution in [0.2, 0.25) is 0 Å². The lowest BCUT2D eigenvalue weighted by Crippen LogP contribution is -2.86. The Morgan fingerprint density at radius 3 is 2.40 bits per heavy atom. The van der Waals surface area contributed by atoms with Crippen LogP contribution in [-0.2, 0) is 0 Å². The molecule has 2 rings (SSSR count). The average molecular weight is 211 g/mol. The lowest BCUT2D eigenvalue weighted by atomic mass is 9.93. The molecule has 0 amide bonds. The molecule has 2 aliphatic rings. The van der Waals surface area contributed by atoms with E-state index < -0.39 is 0 Å². The Hall–Kier alpha value is -0.0800. The van der Waals surface area contributed by atoms with Crippen LogP contribution in [0.25, 0.3) is 0 Å². The number of quaternary nitrogens is 1. The smallest absolute Gasteiger partial charge is 0.0758 e. The molecule has 0 radical (unpaired) electrons. The molecule has 0 aliphatic carbocycles. The van der Waals surface area contributed by atoms with Gasteiger partial charge in [-0.25, -0.2) is 0 Å². The number of likely N-dealkylation sites (tertiary alicyclic amines) is 1. The van der Waals surface area contributed by atoms with Crippen molar-refractivity contribution in [2.75, 3.05) is 32.7 Å². The molecule has 2 N–H and O–H groups in total. The van der Waals surface area contributed by atoms with E-state index in [2.05, 4.69) is 17.1 Å². The summed E-state index contributed by atoms with van der Waals surface area (Å²) in [4.78, 5) is 2.69. The third-order valence-corrected chi connectivity index (χ3v) is 4.29. The van der Waals surface area contributed by atoms with Gasteiger partial charge in [0.2, 0.25) is 0 Å². The molecule has 0 saturated carbocycles. The summed E-state index contributed by atoms with van der Waals surface area (Å²) < 4.78 is 0. The number of rotatable bonds is 3. The van der Waals surface area contributed by atoms with E-state index in [1.54, 1.807) is 0 Å². The van der Waals surface area contributed by atoms with Gasteiger partial charge in [0.1, 0.15) is 0 Å². The standard InChI is InChI=1S/C13H26N2/c1-12-4-9-15(10-5-12)11-6-13-2-7-14-8-3-13/h12-14H,2-11H2,1H3/p+1. The SMILES string of the molecule is CC1CCN(CCC2CC[NH2+]CC2)CC1. The average Bonchev–Trinajstić information content (AvgIpc) is 2.30. The normalized spacial score (nSPS) is 27.0. The Labute approximate surface area is 94.4 Å². The summed E-state index contributed by atoms with van der Waals surface area (Å²) in [7, 11) is 0. The van der Waals surface area contributed by atoms with Crippen molar-refractivity contribution in [1.29, 1.82) is 0 Å². The van der Waals surface area contributed by atoms with Gasteiger partial charge < -0.3 is 10.2 Å². The van der Waals surface area contributed by atoms with E-state index >= 15 is 0 Å². The Morgan fingerprint density at radius 1 is 1.07 bits per heavy atom. The molecule has 15 heavy (non-hydrogen) atoms. The molecule has 88 valence electrons. The van der Waals surface area contributed by atoms with Crippen LogP contribution in [-0.4, -0.2) is 37.6 Å². The Balaban J connectivity index is 1.60. The summed E-state index contributed by atoms with van der Waals surface area (Å²) in [5.74, 6) is 2.01. The van der Waals surface area contributed by atoms with Gasteiger partial charge in [-0.2, -0.15) is 0 Å². The van der Waals surface area contributed by atoms with Crippen LogP contribution in [0.3, 0.4) is 0 Å². The second kappa shape index (κ2) is 5.86. The first-order valence-corrected chi connectivity index (χ1v) is 6.88. The van der Waals surface area contributed by atoms with E-state index in [-0.39, 0.29) is 0 Å². The summed E-state index contributed by atoms with van der Waals surface area (Å²) in [6.45, 7) is 9.25. The van der Waals surface area contributed by atoms with Gasteiger partial charge in [0.25, 0.3) is 0 Å². The fourth-order valence-corrected chi connectivity index (χ4v) is 2.94. The van der Waals surface area contributed by atoms with E-state index in [1.165, 1.54) is 64.8 Å². The molecule has 0 spiro atoms. The molecule has 2 heterocycles. The zero-order valence-electron chi connectivity index (χ0n) is 10.3.